The molecule has 0 aliphatic carbocycles. The molecule has 6 aromatic rings. The molecule has 0 amide bonds. The Morgan fingerprint density at radius 1 is 0.644 bits per heavy atom. The molecule has 0 N–H and O–H groups in total. The van der Waals surface area contributed by atoms with Crippen molar-refractivity contribution in [1.29, 1.82) is 0 Å². The van der Waals surface area contributed by atoms with Gasteiger partial charge in [-0.05, 0) is 73.5 Å². The van der Waals surface area contributed by atoms with Gasteiger partial charge in [-0.2, -0.15) is 0 Å². The van der Waals surface area contributed by atoms with Gasteiger partial charge in [0.1, 0.15) is 24.7 Å². The Morgan fingerprint density at radius 2 is 1.11 bits per heavy atom. The highest BCUT2D eigenvalue weighted by atomic mass is 32.2. The van der Waals surface area contributed by atoms with E-state index in [4.69, 9.17) is 24.2 Å². The summed E-state index contributed by atoms with van der Waals surface area (Å²) in [4.78, 5) is 21.8. The zero-order valence-corrected chi connectivity index (χ0v) is 26.1. The number of esters is 1. The fourth-order valence-electron chi connectivity index (χ4n) is 5.17. The number of para-hydroxylation sites is 2. The molecule has 0 aliphatic heterocycles. The van der Waals surface area contributed by atoms with E-state index in [1.165, 1.54) is 11.8 Å². The number of carbonyl (C=O) groups is 1. The Labute approximate surface area is 267 Å². The SMILES string of the molecule is CCOC(=O)CSC(C)(c1ccc(OCc2ccc3ccccc3n2)cc1)c1ccc(OCc2ccc3ccccc3n2)cc1. The lowest BCUT2D eigenvalue weighted by molar-refractivity contribution is -0.139. The molecule has 0 aliphatic rings. The molecule has 6 rings (SSSR count). The summed E-state index contributed by atoms with van der Waals surface area (Å²) >= 11 is 1.54. The zero-order chi connectivity index (χ0) is 31.1. The van der Waals surface area contributed by atoms with E-state index in [1.54, 1.807) is 0 Å². The number of fused-ring (bicyclic) bond motifs is 2. The van der Waals surface area contributed by atoms with Crippen LogP contribution in [0.3, 0.4) is 0 Å². The number of hydrogen-bond acceptors (Lipinski definition) is 7. The van der Waals surface area contributed by atoms with E-state index in [9.17, 15) is 4.79 Å². The smallest absolute Gasteiger partial charge is 0.315 e. The maximum absolute atomic E-state index is 12.4. The number of aromatic nitrogens is 2. The largest absolute Gasteiger partial charge is 0.487 e. The third-order valence-electron chi connectivity index (χ3n) is 7.68. The lowest BCUT2D eigenvalue weighted by Gasteiger charge is -2.30. The van der Waals surface area contributed by atoms with Crippen LogP contribution in [0.25, 0.3) is 21.8 Å². The minimum absolute atomic E-state index is 0.224. The number of nitrogens with zero attached hydrogens (tertiary/aromatic N) is 2. The Hall–Kier alpha value is -4.88. The normalized spacial score (nSPS) is 11.4. The second-order valence-electron chi connectivity index (χ2n) is 10.7. The van der Waals surface area contributed by atoms with Crippen molar-refractivity contribution in [3.8, 4) is 11.5 Å². The Balaban J connectivity index is 1.16. The summed E-state index contributed by atoms with van der Waals surface area (Å²) in [5.74, 6) is 1.48. The maximum Gasteiger partial charge on any atom is 0.315 e. The average Bonchev–Trinajstić information content (AvgIpc) is 3.09. The van der Waals surface area contributed by atoms with Gasteiger partial charge in [-0.15, -0.1) is 11.8 Å². The first-order chi connectivity index (χ1) is 22.0. The Kier molecular flexibility index (Phi) is 9.27. The van der Waals surface area contributed by atoms with E-state index in [-0.39, 0.29) is 11.7 Å². The second-order valence-corrected chi connectivity index (χ2v) is 12.1. The van der Waals surface area contributed by atoms with Crippen LogP contribution < -0.4 is 9.47 Å². The summed E-state index contributed by atoms with van der Waals surface area (Å²) in [6.45, 7) is 5.04. The topological polar surface area (TPSA) is 70.5 Å². The first kappa shape index (κ1) is 30.2. The molecule has 6 nitrogen and oxygen atoms in total. The van der Waals surface area contributed by atoms with Crippen LogP contribution in [0.5, 0.6) is 11.5 Å². The van der Waals surface area contributed by atoms with Crippen LogP contribution in [-0.4, -0.2) is 28.3 Å². The third-order valence-corrected chi connectivity index (χ3v) is 9.11. The molecule has 0 saturated carbocycles. The van der Waals surface area contributed by atoms with Crippen LogP contribution in [0.2, 0.25) is 0 Å². The van der Waals surface area contributed by atoms with Crippen molar-refractivity contribution in [3.05, 3.63) is 144 Å². The van der Waals surface area contributed by atoms with Gasteiger partial charge in [-0.1, -0.05) is 72.8 Å². The molecule has 226 valence electrons. The molecule has 45 heavy (non-hydrogen) atoms. The first-order valence-electron chi connectivity index (χ1n) is 15.0. The molecule has 0 saturated heterocycles. The highest BCUT2D eigenvalue weighted by molar-refractivity contribution is 8.01. The fourth-order valence-corrected chi connectivity index (χ4v) is 6.26. The lowest BCUT2D eigenvalue weighted by atomic mass is 9.92. The van der Waals surface area contributed by atoms with E-state index in [0.717, 1.165) is 55.8 Å². The van der Waals surface area contributed by atoms with Gasteiger partial charge in [0.2, 0.25) is 0 Å². The van der Waals surface area contributed by atoms with Crippen molar-refractivity contribution in [2.45, 2.75) is 31.8 Å². The molecular weight excluding hydrogens is 580 g/mol. The van der Waals surface area contributed by atoms with Gasteiger partial charge < -0.3 is 14.2 Å². The third kappa shape index (κ3) is 7.27. The molecular formula is C38H34N2O4S. The summed E-state index contributed by atoms with van der Waals surface area (Å²) in [6.07, 6.45) is 0. The van der Waals surface area contributed by atoms with E-state index in [1.807, 2.05) is 91.9 Å². The highest BCUT2D eigenvalue weighted by Crippen LogP contribution is 2.43. The molecule has 0 radical (unpaired) electrons. The van der Waals surface area contributed by atoms with Gasteiger partial charge in [0.15, 0.2) is 0 Å². The molecule has 0 spiro atoms. The molecule has 2 aromatic heterocycles. The van der Waals surface area contributed by atoms with E-state index in [2.05, 4.69) is 43.3 Å². The summed E-state index contributed by atoms with van der Waals surface area (Å²) in [7, 11) is 0. The lowest BCUT2D eigenvalue weighted by Crippen LogP contribution is -2.22. The van der Waals surface area contributed by atoms with Crippen LogP contribution in [0.1, 0.15) is 36.4 Å². The second kappa shape index (κ2) is 13.8. The Bertz CT molecular complexity index is 1780. The quantitative estimate of drug-likeness (QED) is 0.128. The van der Waals surface area contributed by atoms with Crippen LogP contribution in [0, 0.1) is 0 Å². The molecule has 0 bridgehead atoms. The maximum atomic E-state index is 12.4. The van der Waals surface area contributed by atoms with Crippen LogP contribution >= 0.6 is 11.8 Å². The van der Waals surface area contributed by atoms with E-state index < -0.39 is 4.75 Å². The predicted octanol–water partition coefficient (Wildman–Crippen LogP) is 8.50. The molecule has 7 heteroatoms. The van der Waals surface area contributed by atoms with Crippen LogP contribution in [-0.2, 0) is 27.5 Å². The number of hydrogen-bond donors (Lipinski definition) is 0. The van der Waals surface area contributed by atoms with E-state index >= 15 is 0 Å². The molecule has 4 aromatic carbocycles. The van der Waals surface area contributed by atoms with Crippen molar-refractivity contribution in [1.82, 2.24) is 9.97 Å². The van der Waals surface area contributed by atoms with E-state index in [0.29, 0.717) is 19.8 Å². The van der Waals surface area contributed by atoms with Crippen molar-refractivity contribution in [2.75, 3.05) is 12.4 Å². The van der Waals surface area contributed by atoms with Crippen molar-refractivity contribution < 1.29 is 19.0 Å². The summed E-state index contributed by atoms with van der Waals surface area (Å²) < 4.78 is 16.9. The standard InChI is InChI=1S/C38H34N2O4S/c1-3-42-37(41)26-45-38(2,29-14-20-33(21-15-29)43-24-31-18-12-27-8-4-6-10-35(27)39-31)30-16-22-34(23-17-30)44-25-32-19-13-28-9-5-7-11-36(28)40-32/h4-23H,3,24-26H2,1-2H3. The first-order valence-corrected chi connectivity index (χ1v) is 15.9. The number of benzene rings is 4. The number of pyridine rings is 2. The minimum Gasteiger partial charge on any atom is -0.487 e. The molecule has 0 fully saturated rings. The molecule has 0 unspecified atom stereocenters. The van der Waals surface area contributed by atoms with Gasteiger partial charge in [0.05, 0.1) is 39.5 Å². The van der Waals surface area contributed by atoms with Crippen molar-refractivity contribution >= 4 is 39.5 Å². The average molecular weight is 615 g/mol. The van der Waals surface area contributed by atoms with Crippen molar-refractivity contribution in [3.63, 3.8) is 0 Å². The van der Waals surface area contributed by atoms with Gasteiger partial charge in [-0.25, -0.2) is 9.97 Å². The summed E-state index contributed by atoms with van der Waals surface area (Å²) in [5, 5.41) is 2.21. The molecule has 2 heterocycles. The van der Waals surface area contributed by atoms with Gasteiger partial charge >= 0.3 is 5.97 Å². The highest BCUT2D eigenvalue weighted by Gasteiger charge is 2.31. The zero-order valence-electron chi connectivity index (χ0n) is 25.3. The number of thioether (sulfide) groups is 1. The number of rotatable bonds is 12. The number of carbonyl (C=O) groups excluding carboxylic acids is 1. The predicted molar refractivity (Wildman–Crippen MR) is 181 cm³/mol. The monoisotopic (exact) mass is 614 g/mol. The fraction of sp³-hybridized carbons (Fsp3) is 0.184. The van der Waals surface area contributed by atoms with Crippen LogP contribution in [0.15, 0.2) is 121 Å². The van der Waals surface area contributed by atoms with Gasteiger partial charge in [0, 0.05) is 10.8 Å². The summed E-state index contributed by atoms with van der Waals surface area (Å²) in [6, 6.07) is 40.3. The van der Waals surface area contributed by atoms with Crippen molar-refractivity contribution in [2.24, 2.45) is 0 Å². The minimum atomic E-state index is -0.524. The number of ether oxygens (including phenoxy) is 3. The van der Waals surface area contributed by atoms with Crippen LogP contribution in [0.4, 0.5) is 0 Å². The van der Waals surface area contributed by atoms with Gasteiger partial charge in [0.25, 0.3) is 0 Å². The molecule has 0 atom stereocenters. The Morgan fingerprint density at radius 3 is 1.58 bits per heavy atom. The van der Waals surface area contributed by atoms with Gasteiger partial charge in [-0.3, -0.25) is 4.79 Å². The summed E-state index contributed by atoms with van der Waals surface area (Å²) in [5.41, 5.74) is 5.72.